The maximum Gasteiger partial charge on any atom is 0.490 e. The van der Waals surface area contributed by atoms with Gasteiger partial charge in [-0.1, -0.05) is 12.8 Å². The summed E-state index contributed by atoms with van der Waals surface area (Å²) in [6.45, 7) is 6.89. The Morgan fingerprint density at radius 2 is 1.83 bits per heavy atom. The van der Waals surface area contributed by atoms with Crippen molar-refractivity contribution in [3.05, 3.63) is 10.4 Å². The Kier molecular flexibility index (Phi) is 9.06. The van der Waals surface area contributed by atoms with Gasteiger partial charge in [-0.25, -0.2) is 9.59 Å². The number of fused-ring (bicyclic) bond motifs is 1. The number of carboxylic acid groups (broad SMARTS) is 2. The maximum absolute atomic E-state index is 13.0. The zero-order valence-electron chi connectivity index (χ0n) is 19.2. The number of anilines is 1. The van der Waals surface area contributed by atoms with Crippen molar-refractivity contribution in [1.82, 2.24) is 24.4 Å². The van der Waals surface area contributed by atoms with Crippen molar-refractivity contribution in [3.63, 3.8) is 0 Å². The molecule has 35 heavy (non-hydrogen) atoms. The number of aliphatic carboxylic acids is 2. The number of alkyl halides is 3. The zero-order chi connectivity index (χ0) is 26.3. The van der Waals surface area contributed by atoms with Gasteiger partial charge in [-0.3, -0.25) is 13.9 Å². The lowest BCUT2D eigenvalue weighted by Crippen LogP contribution is -2.44. The van der Waals surface area contributed by atoms with E-state index < -0.39 is 24.2 Å². The molecule has 0 bridgehead atoms. The fourth-order valence-electron chi connectivity index (χ4n) is 3.08. The zero-order valence-corrected chi connectivity index (χ0v) is 19.2. The van der Waals surface area contributed by atoms with Crippen LogP contribution in [0.4, 0.5) is 19.1 Å². The average Bonchev–Trinajstić information content (AvgIpc) is 3.17. The van der Waals surface area contributed by atoms with E-state index in [0.717, 1.165) is 26.2 Å². The standard InChI is InChI=1S/C18H24N6O4.C2HF3O2/c1-4-6-9-24-13-14(20-17(24)23-10-7-19-8-11-23)21-18(22(3)15(13)25)28-12(5-2)16(26)27;3-2(4,5)1(6)7/h12,19H,5,7-11H2,1-3H3,(H,26,27);(H,6,7). The van der Waals surface area contributed by atoms with Gasteiger partial charge >= 0.3 is 24.1 Å². The second-order valence-corrected chi connectivity index (χ2v) is 7.25. The number of carbonyl (C=O) groups is 2. The molecule has 0 radical (unpaired) electrons. The molecule has 1 atom stereocenters. The molecule has 1 fully saturated rings. The van der Waals surface area contributed by atoms with E-state index in [1.807, 2.05) is 0 Å². The Morgan fingerprint density at radius 1 is 1.23 bits per heavy atom. The predicted molar refractivity (Wildman–Crippen MR) is 117 cm³/mol. The molecule has 0 aliphatic carbocycles. The Labute approximate surface area is 197 Å². The number of nitrogens with one attached hydrogen (secondary N) is 1. The number of rotatable bonds is 6. The molecule has 1 unspecified atom stereocenters. The number of hydrogen-bond acceptors (Lipinski definition) is 8. The van der Waals surface area contributed by atoms with Crippen LogP contribution in [0.5, 0.6) is 6.01 Å². The molecule has 2 aromatic heterocycles. The normalized spacial score (nSPS) is 14.4. The van der Waals surface area contributed by atoms with Gasteiger partial charge in [0.1, 0.15) is 0 Å². The minimum absolute atomic E-state index is 0.0650. The van der Waals surface area contributed by atoms with Gasteiger partial charge < -0.3 is 25.2 Å². The first-order chi connectivity index (χ1) is 16.4. The highest BCUT2D eigenvalue weighted by molar-refractivity contribution is 5.75. The molecular weight excluding hydrogens is 477 g/mol. The van der Waals surface area contributed by atoms with Crippen LogP contribution in [0.25, 0.3) is 11.2 Å². The summed E-state index contributed by atoms with van der Waals surface area (Å²) in [4.78, 5) is 44.2. The van der Waals surface area contributed by atoms with Crippen LogP contribution in [0.1, 0.15) is 20.3 Å². The monoisotopic (exact) mass is 502 g/mol. The SMILES string of the molecule is CC#CCn1c(N2CCNCC2)nc2nc(OC(CC)C(=O)O)n(C)c(=O)c21.O=C(O)C(F)(F)F. The molecule has 0 amide bonds. The van der Waals surface area contributed by atoms with Crippen molar-refractivity contribution < 1.29 is 37.7 Å². The van der Waals surface area contributed by atoms with E-state index in [-0.39, 0.29) is 23.6 Å². The molecule has 3 rings (SSSR count). The summed E-state index contributed by atoms with van der Waals surface area (Å²) in [5.41, 5.74) is 0.200. The topological polar surface area (TPSA) is 152 Å². The minimum Gasteiger partial charge on any atom is -0.479 e. The first-order valence-electron chi connectivity index (χ1n) is 10.4. The lowest BCUT2D eigenvalue weighted by atomic mass is 10.3. The van der Waals surface area contributed by atoms with Gasteiger partial charge in [0.15, 0.2) is 17.3 Å². The van der Waals surface area contributed by atoms with Gasteiger partial charge in [-0.2, -0.15) is 23.1 Å². The highest BCUT2D eigenvalue weighted by Crippen LogP contribution is 2.22. The summed E-state index contributed by atoms with van der Waals surface area (Å²) >= 11 is 0. The van der Waals surface area contributed by atoms with E-state index in [9.17, 15) is 27.9 Å². The Morgan fingerprint density at radius 3 is 2.31 bits per heavy atom. The second kappa shape index (κ2) is 11.6. The second-order valence-electron chi connectivity index (χ2n) is 7.25. The van der Waals surface area contributed by atoms with Crippen LogP contribution in [0.15, 0.2) is 4.79 Å². The summed E-state index contributed by atoms with van der Waals surface area (Å²) in [5, 5.41) is 19.6. The van der Waals surface area contributed by atoms with Gasteiger partial charge in [0.2, 0.25) is 5.95 Å². The van der Waals surface area contributed by atoms with Crippen molar-refractivity contribution in [2.45, 2.75) is 39.1 Å². The molecule has 0 spiro atoms. The van der Waals surface area contributed by atoms with E-state index in [2.05, 4.69) is 32.0 Å². The number of nitrogens with zero attached hydrogens (tertiary/aromatic N) is 5. The molecular formula is C20H25F3N6O6. The summed E-state index contributed by atoms with van der Waals surface area (Å²) in [6.07, 6.45) is -5.92. The van der Waals surface area contributed by atoms with Gasteiger partial charge in [0.05, 0.1) is 6.54 Å². The number of ether oxygens (including phenoxy) is 1. The highest BCUT2D eigenvalue weighted by Gasteiger charge is 2.38. The van der Waals surface area contributed by atoms with E-state index in [1.165, 1.54) is 11.6 Å². The largest absolute Gasteiger partial charge is 0.490 e. The Balaban J connectivity index is 0.000000540. The van der Waals surface area contributed by atoms with Crippen LogP contribution in [-0.2, 0) is 23.2 Å². The van der Waals surface area contributed by atoms with E-state index >= 15 is 0 Å². The van der Waals surface area contributed by atoms with Crippen molar-refractivity contribution in [2.75, 3.05) is 31.1 Å². The Bertz CT molecular complexity index is 1190. The molecule has 15 heteroatoms. The van der Waals surface area contributed by atoms with Crippen molar-refractivity contribution in [3.8, 4) is 17.9 Å². The number of aromatic nitrogens is 4. The summed E-state index contributed by atoms with van der Waals surface area (Å²) in [5.74, 6) is 2.59. The lowest BCUT2D eigenvalue weighted by molar-refractivity contribution is -0.192. The van der Waals surface area contributed by atoms with Crippen molar-refractivity contribution in [2.24, 2.45) is 7.05 Å². The lowest BCUT2D eigenvalue weighted by Gasteiger charge is -2.28. The predicted octanol–water partition coefficient (Wildman–Crippen LogP) is 0.438. The van der Waals surface area contributed by atoms with Gasteiger partial charge in [0, 0.05) is 33.2 Å². The van der Waals surface area contributed by atoms with Crippen LogP contribution < -0.4 is 20.5 Å². The number of carboxylic acids is 2. The molecule has 1 aliphatic heterocycles. The fraction of sp³-hybridized carbons (Fsp3) is 0.550. The molecule has 12 nitrogen and oxygen atoms in total. The van der Waals surface area contributed by atoms with E-state index in [1.54, 1.807) is 18.4 Å². The third kappa shape index (κ3) is 6.63. The molecule has 192 valence electrons. The number of piperazine rings is 1. The van der Waals surface area contributed by atoms with Gasteiger partial charge in [-0.05, 0) is 13.3 Å². The molecule has 0 saturated carbocycles. The maximum atomic E-state index is 13.0. The smallest absolute Gasteiger partial charge is 0.479 e. The molecule has 0 aromatic carbocycles. The van der Waals surface area contributed by atoms with Crippen LogP contribution in [0.2, 0.25) is 0 Å². The van der Waals surface area contributed by atoms with Crippen LogP contribution >= 0.6 is 0 Å². The first kappa shape index (κ1) is 27.4. The molecule has 2 aromatic rings. The molecule has 3 N–H and O–H groups in total. The van der Waals surface area contributed by atoms with E-state index in [0.29, 0.717) is 18.0 Å². The van der Waals surface area contributed by atoms with Gasteiger partial charge in [0.25, 0.3) is 5.56 Å². The van der Waals surface area contributed by atoms with Crippen LogP contribution in [0.3, 0.4) is 0 Å². The number of hydrogen-bond donors (Lipinski definition) is 3. The first-order valence-corrected chi connectivity index (χ1v) is 10.4. The fourth-order valence-corrected chi connectivity index (χ4v) is 3.08. The number of halogens is 3. The summed E-state index contributed by atoms with van der Waals surface area (Å²) in [7, 11) is 1.51. The molecule has 1 saturated heterocycles. The quantitative estimate of drug-likeness (QED) is 0.475. The number of imidazole rings is 1. The summed E-state index contributed by atoms with van der Waals surface area (Å²) in [6, 6.07) is -0.0650. The average molecular weight is 502 g/mol. The van der Waals surface area contributed by atoms with Crippen LogP contribution in [-0.4, -0.2) is 79.7 Å². The highest BCUT2D eigenvalue weighted by atomic mass is 19.4. The minimum atomic E-state index is -5.08. The van der Waals surface area contributed by atoms with Gasteiger partial charge in [-0.15, -0.1) is 5.92 Å². The van der Waals surface area contributed by atoms with E-state index in [4.69, 9.17) is 14.6 Å². The summed E-state index contributed by atoms with van der Waals surface area (Å²) < 4.78 is 40.2. The molecule has 3 heterocycles. The van der Waals surface area contributed by atoms with Crippen molar-refractivity contribution in [1.29, 1.82) is 0 Å². The molecule has 1 aliphatic rings. The Hall–Kier alpha value is -3.80. The van der Waals surface area contributed by atoms with Crippen LogP contribution in [0, 0.1) is 11.8 Å². The third-order valence-corrected chi connectivity index (χ3v) is 4.87. The third-order valence-electron chi connectivity index (χ3n) is 4.87. The van der Waals surface area contributed by atoms with Crippen molar-refractivity contribution >= 4 is 29.1 Å².